The minimum atomic E-state index is 0. The fraction of sp³-hybridized carbons (Fsp3) is 0.900. The summed E-state index contributed by atoms with van der Waals surface area (Å²) in [4.78, 5) is 18.6. The van der Waals surface area contributed by atoms with Crippen molar-refractivity contribution >= 4 is 69.3 Å². The van der Waals surface area contributed by atoms with Crippen molar-refractivity contribution < 1.29 is 21.1 Å². The second-order valence-electron chi connectivity index (χ2n) is 15.6. The Morgan fingerprint density at radius 1 is 0.358 bits per heavy atom. The zero-order valence-corrected chi connectivity index (χ0v) is 41.5. The SMILES string of the molecule is CCCN1CCCN(C(C)C)C1=S.CCCN1CCCN(C(C)C)C1=S.CCCN1CCCN(C(C)C)C1=S.CCCN1CCCN(C(C)C)C1=S.[Pt]. The van der Waals surface area contributed by atoms with Crippen LogP contribution >= 0.6 is 48.9 Å². The molecule has 4 heterocycles. The van der Waals surface area contributed by atoms with Gasteiger partial charge in [0.05, 0.1) is 0 Å². The van der Waals surface area contributed by atoms with Crippen LogP contribution in [0.5, 0.6) is 0 Å². The summed E-state index contributed by atoms with van der Waals surface area (Å²) in [5.74, 6) is 0. The van der Waals surface area contributed by atoms with Crippen LogP contribution in [-0.4, -0.2) is 162 Å². The zero-order chi connectivity index (χ0) is 39.4. The summed E-state index contributed by atoms with van der Waals surface area (Å²) < 4.78 is 0. The molecule has 0 aromatic heterocycles. The van der Waals surface area contributed by atoms with E-state index < -0.39 is 0 Å². The molecule has 0 aromatic rings. The molecule has 4 aliphatic rings. The minimum Gasteiger partial charge on any atom is -0.349 e. The molecule has 4 fully saturated rings. The van der Waals surface area contributed by atoms with Crippen LogP contribution in [0.3, 0.4) is 0 Å². The third-order valence-corrected chi connectivity index (χ3v) is 11.8. The second-order valence-corrected chi connectivity index (χ2v) is 17.1. The van der Waals surface area contributed by atoms with Gasteiger partial charge in [0.2, 0.25) is 0 Å². The molecule has 4 rings (SSSR count). The van der Waals surface area contributed by atoms with Gasteiger partial charge in [-0.15, -0.1) is 0 Å². The van der Waals surface area contributed by atoms with E-state index in [4.69, 9.17) is 48.9 Å². The van der Waals surface area contributed by atoms with Gasteiger partial charge in [-0.2, -0.15) is 0 Å². The van der Waals surface area contributed by atoms with Crippen LogP contribution in [0.25, 0.3) is 0 Å². The molecule has 53 heavy (non-hydrogen) atoms. The van der Waals surface area contributed by atoms with E-state index in [9.17, 15) is 0 Å². The van der Waals surface area contributed by atoms with Crippen molar-refractivity contribution in [2.75, 3.05) is 78.5 Å². The summed E-state index contributed by atoms with van der Waals surface area (Å²) in [6.45, 7) is 40.1. The summed E-state index contributed by atoms with van der Waals surface area (Å²) in [6.07, 6.45) is 9.74. The molecule has 8 nitrogen and oxygen atoms in total. The Labute approximate surface area is 364 Å². The van der Waals surface area contributed by atoms with Gasteiger partial charge >= 0.3 is 0 Å². The molecule has 0 aromatic carbocycles. The van der Waals surface area contributed by atoms with Gasteiger partial charge in [0.15, 0.2) is 20.4 Å². The van der Waals surface area contributed by atoms with Crippen LogP contribution in [0.4, 0.5) is 0 Å². The van der Waals surface area contributed by atoms with Crippen molar-refractivity contribution in [3.63, 3.8) is 0 Å². The predicted molar refractivity (Wildman–Crippen MR) is 244 cm³/mol. The molecule has 4 saturated heterocycles. The third kappa shape index (κ3) is 18.1. The molecule has 0 N–H and O–H groups in total. The second kappa shape index (κ2) is 28.8. The first kappa shape index (κ1) is 52.4. The first-order valence-electron chi connectivity index (χ1n) is 20.9. The van der Waals surface area contributed by atoms with Crippen molar-refractivity contribution in [2.24, 2.45) is 0 Å². The van der Waals surface area contributed by atoms with Gasteiger partial charge < -0.3 is 39.2 Å². The van der Waals surface area contributed by atoms with E-state index in [0.29, 0.717) is 24.2 Å². The summed E-state index contributed by atoms with van der Waals surface area (Å²) in [5, 5.41) is 4.23. The van der Waals surface area contributed by atoms with Crippen LogP contribution < -0.4 is 0 Å². The molecule has 0 bridgehead atoms. The first-order chi connectivity index (χ1) is 24.7. The Morgan fingerprint density at radius 2 is 0.528 bits per heavy atom. The van der Waals surface area contributed by atoms with Gasteiger partial charge in [-0.05, 0) is 156 Å². The number of nitrogens with zero attached hydrogens (tertiary/aromatic N) is 8. The molecule has 0 aliphatic carbocycles. The van der Waals surface area contributed by atoms with E-state index in [1.54, 1.807) is 0 Å². The van der Waals surface area contributed by atoms with E-state index >= 15 is 0 Å². The molecule has 0 amide bonds. The number of thiocarbonyl (C=S) groups is 4. The van der Waals surface area contributed by atoms with E-state index in [0.717, 1.165) is 99.0 Å². The van der Waals surface area contributed by atoms with Crippen molar-refractivity contribution in [3.8, 4) is 0 Å². The number of hydrogen-bond acceptors (Lipinski definition) is 4. The fourth-order valence-corrected chi connectivity index (χ4v) is 8.98. The van der Waals surface area contributed by atoms with Gasteiger partial charge in [-0.3, -0.25) is 0 Å². The normalized spacial score (nSPS) is 18.3. The Morgan fingerprint density at radius 3 is 0.660 bits per heavy atom. The smallest absolute Gasteiger partial charge is 0.171 e. The quantitative estimate of drug-likeness (QED) is 0.176. The van der Waals surface area contributed by atoms with Gasteiger partial charge in [0.25, 0.3) is 0 Å². The number of rotatable bonds is 12. The minimum absolute atomic E-state index is 0. The fourth-order valence-electron chi connectivity index (χ4n) is 7.05. The predicted octanol–water partition coefficient (Wildman–Crippen LogP) is 8.39. The van der Waals surface area contributed by atoms with E-state index in [1.165, 1.54) is 51.4 Å². The van der Waals surface area contributed by atoms with Gasteiger partial charge in [-0.1, -0.05) is 27.7 Å². The molecule has 4 aliphatic heterocycles. The molecule has 314 valence electrons. The topological polar surface area (TPSA) is 25.9 Å². The van der Waals surface area contributed by atoms with Crippen LogP contribution in [0.15, 0.2) is 0 Å². The van der Waals surface area contributed by atoms with Gasteiger partial charge in [0, 0.05) is 124 Å². The van der Waals surface area contributed by atoms with Crippen LogP contribution in [0.1, 0.15) is 134 Å². The van der Waals surface area contributed by atoms with Gasteiger partial charge in [-0.25, -0.2) is 0 Å². The molecule has 0 saturated carbocycles. The Hall–Kier alpha value is -0.552. The van der Waals surface area contributed by atoms with E-state index in [-0.39, 0.29) is 21.1 Å². The summed E-state index contributed by atoms with van der Waals surface area (Å²) in [6, 6.07) is 2.19. The first-order valence-corrected chi connectivity index (χ1v) is 22.5. The standard InChI is InChI=1S/4C10H20N2S.Pt/c4*1-4-6-11-7-5-8-12(9(2)3)10(11)13;/h4*9H,4-8H2,1-3H3;. The van der Waals surface area contributed by atoms with E-state index in [1.807, 2.05) is 0 Å². The molecular weight excluding hydrogens is 916 g/mol. The average molecular weight is 996 g/mol. The van der Waals surface area contributed by atoms with E-state index in [2.05, 4.69) is 122 Å². The maximum atomic E-state index is 5.44. The largest absolute Gasteiger partial charge is 0.349 e. The van der Waals surface area contributed by atoms with Crippen molar-refractivity contribution in [1.82, 2.24) is 39.2 Å². The number of hydrogen-bond donors (Lipinski definition) is 0. The Kier molecular flexibility index (Phi) is 28.5. The van der Waals surface area contributed by atoms with Crippen LogP contribution in [0.2, 0.25) is 0 Å². The monoisotopic (exact) mass is 996 g/mol. The summed E-state index contributed by atoms with van der Waals surface area (Å²) in [5.41, 5.74) is 0. The Bertz CT molecular complexity index is 878. The van der Waals surface area contributed by atoms with Gasteiger partial charge in [0.1, 0.15) is 0 Å². The average Bonchev–Trinajstić information content (AvgIpc) is 3.09. The Balaban J connectivity index is 0.000000676. The van der Waals surface area contributed by atoms with Crippen molar-refractivity contribution in [2.45, 2.75) is 159 Å². The third-order valence-electron chi connectivity index (χ3n) is 9.84. The molecular formula is C40H80N8PtS4. The molecule has 0 radical (unpaired) electrons. The molecule has 0 atom stereocenters. The van der Waals surface area contributed by atoms with Crippen molar-refractivity contribution in [1.29, 1.82) is 0 Å². The zero-order valence-electron chi connectivity index (χ0n) is 36.0. The summed E-state index contributed by atoms with van der Waals surface area (Å²) >= 11 is 21.8. The summed E-state index contributed by atoms with van der Waals surface area (Å²) in [7, 11) is 0. The van der Waals surface area contributed by atoms with Crippen molar-refractivity contribution in [3.05, 3.63) is 0 Å². The molecule has 0 spiro atoms. The maximum Gasteiger partial charge on any atom is 0.171 e. The molecule has 13 heteroatoms. The molecule has 0 unspecified atom stereocenters. The van der Waals surface area contributed by atoms with Crippen LogP contribution in [0, 0.1) is 0 Å². The maximum absolute atomic E-state index is 5.44. The van der Waals surface area contributed by atoms with Crippen LogP contribution in [-0.2, 0) is 21.1 Å².